The Labute approximate surface area is 143 Å². The molecule has 1 fully saturated rings. The lowest BCUT2D eigenvalue weighted by Gasteiger charge is -2.38. The third-order valence-electron chi connectivity index (χ3n) is 4.34. The summed E-state index contributed by atoms with van der Waals surface area (Å²) in [6.45, 7) is 8.03. The number of hydrogen-bond donors (Lipinski definition) is 1. The quantitative estimate of drug-likeness (QED) is 0.922. The highest BCUT2D eigenvalue weighted by Gasteiger charge is 2.31. The van der Waals surface area contributed by atoms with Gasteiger partial charge in [0.25, 0.3) is 0 Å². The van der Waals surface area contributed by atoms with Gasteiger partial charge in [0.05, 0.1) is 25.8 Å². The molecule has 0 aliphatic carbocycles. The molecule has 2 amide bonds. The molecule has 0 spiro atoms. The van der Waals surface area contributed by atoms with Gasteiger partial charge >= 0.3 is 6.03 Å². The largest absolute Gasteiger partial charge is 0.370 e. The highest BCUT2D eigenvalue weighted by molar-refractivity contribution is 5.90. The van der Waals surface area contributed by atoms with Crippen LogP contribution in [-0.4, -0.2) is 30.1 Å². The first-order chi connectivity index (χ1) is 11.5. The topological polar surface area (TPSA) is 41.6 Å². The summed E-state index contributed by atoms with van der Waals surface area (Å²) in [6, 6.07) is 14.2. The number of rotatable bonds is 4. The Bertz CT molecular complexity index is 716. The van der Waals surface area contributed by atoms with E-state index in [1.165, 1.54) is 11.1 Å². The summed E-state index contributed by atoms with van der Waals surface area (Å²) in [6.07, 6.45) is 0.120. The molecule has 1 heterocycles. The third-order valence-corrected chi connectivity index (χ3v) is 4.34. The standard InChI is InChI=1S/C20H24N2O2/c1-14-8-15(2)10-18(9-14)21-20(23)22-11-19(12-22)24-13-17-7-5-4-6-16(17)3/h4-10,19H,11-13H2,1-3H3,(H,21,23). The minimum atomic E-state index is -0.0595. The first kappa shape index (κ1) is 16.5. The maximum absolute atomic E-state index is 12.3. The minimum absolute atomic E-state index is 0.0595. The zero-order valence-corrected chi connectivity index (χ0v) is 14.5. The number of amides is 2. The Morgan fingerprint density at radius 3 is 2.46 bits per heavy atom. The Kier molecular flexibility index (Phi) is 4.86. The molecular weight excluding hydrogens is 300 g/mol. The van der Waals surface area contributed by atoms with Crippen molar-refractivity contribution in [2.24, 2.45) is 0 Å². The van der Waals surface area contributed by atoms with Crippen molar-refractivity contribution in [1.29, 1.82) is 0 Å². The fourth-order valence-corrected chi connectivity index (χ4v) is 2.94. The summed E-state index contributed by atoms with van der Waals surface area (Å²) < 4.78 is 5.89. The van der Waals surface area contributed by atoms with Gasteiger partial charge in [-0.25, -0.2) is 4.79 Å². The Morgan fingerprint density at radius 2 is 1.79 bits per heavy atom. The number of carbonyl (C=O) groups excluding carboxylic acids is 1. The van der Waals surface area contributed by atoms with Crippen LogP contribution in [0.15, 0.2) is 42.5 Å². The normalized spacial score (nSPS) is 14.4. The van der Waals surface area contributed by atoms with Gasteiger partial charge in [0.15, 0.2) is 0 Å². The van der Waals surface area contributed by atoms with Crippen molar-refractivity contribution in [2.75, 3.05) is 18.4 Å². The Morgan fingerprint density at radius 1 is 1.12 bits per heavy atom. The van der Waals surface area contributed by atoms with Crippen LogP contribution in [0.2, 0.25) is 0 Å². The van der Waals surface area contributed by atoms with E-state index in [0.29, 0.717) is 19.7 Å². The predicted octanol–water partition coefficient (Wildman–Crippen LogP) is 4.04. The number of urea groups is 1. The van der Waals surface area contributed by atoms with E-state index in [0.717, 1.165) is 16.8 Å². The summed E-state index contributed by atoms with van der Waals surface area (Å²) in [5.41, 5.74) is 5.58. The highest BCUT2D eigenvalue weighted by Crippen LogP contribution is 2.19. The number of likely N-dealkylation sites (tertiary alicyclic amines) is 1. The molecule has 0 unspecified atom stereocenters. The number of nitrogens with one attached hydrogen (secondary N) is 1. The third kappa shape index (κ3) is 3.95. The van der Waals surface area contributed by atoms with Gasteiger partial charge in [-0.1, -0.05) is 30.3 Å². The van der Waals surface area contributed by atoms with Gasteiger partial charge < -0.3 is 15.0 Å². The van der Waals surface area contributed by atoms with Crippen LogP contribution < -0.4 is 5.32 Å². The van der Waals surface area contributed by atoms with Crippen molar-refractivity contribution in [2.45, 2.75) is 33.5 Å². The first-order valence-corrected chi connectivity index (χ1v) is 8.31. The molecular formula is C20H24N2O2. The number of benzene rings is 2. The molecule has 3 rings (SSSR count). The van der Waals surface area contributed by atoms with Crippen LogP contribution in [0.1, 0.15) is 22.3 Å². The smallest absolute Gasteiger partial charge is 0.322 e. The molecule has 0 saturated carbocycles. The van der Waals surface area contributed by atoms with Crippen molar-refractivity contribution in [3.63, 3.8) is 0 Å². The van der Waals surface area contributed by atoms with Crippen LogP contribution in [0.4, 0.5) is 10.5 Å². The molecule has 1 N–H and O–H groups in total. The van der Waals surface area contributed by atoms with E-state index in [4.69, 9.17) is 4.74 Å². The first-order valence-electron chi connectivity index (χ1n) is 8.31. The monoisotopic (exact) mass is 324 g/mol. The second kappa shape index (κ2) is 7.05. The summed E-state index contributed by atoms with van der Waals surface area (Å²) in [5, 5.41) is 2.96. The molecule has 1 aliphatic heterocycles. The molecule has 1 aliphatic rings. The molecule has 0 atom stereocenters. The van der Waals surface area contributed by atoms with Crippen LogP contribution >= 0.6 is 0 Å². The fraction of sp³-hybridized carbons (Fsp3) is 0.350. The van der Waals surface area contributed by atoms with Crippen LogP contribution in [0.5, 0.6) is 0 Å². The minimum Gasteiger partial charge on any atom is -0.370 e. The summed E-state index contributed by atoms with van der Waals surface area (Å²) in [4.78, 5) is 14.0. The molecule has 2 aromatic rings. The molecule has 1 saturated heterocycles. The van der Waals surface area contributed by atoms with Gasteiger partial charge in [0, 0.05) is 5.69 Å². The van der Waals surface area contributed by atoms with Crippen LogP contribution in [0, 0.1) is 20.8 Å². The summed E-state index contributed by atoms with van der Waals surface area (Å²) >= 11 is 0. The predicted molar refractivity (Wildman–Crippen MR) is 96.3 cm³/mol. The van der Waals surface area contributed by atoms with Gasteiger partial charge in [-0.15, -0.1) is 0 Å². The van der Waals surface area contributed by atoms with Crippen molar-refractivity contribution >= 4 is 11.7 Å². The van der Waals surface area contributed by atoms with E-state index in [9.17, 15) is 4.79 Å². The van der Waals surface area contributed by atoms with E-state index in [-0.39, 0.29) is 12.1 Å². The lowest BCUT2D eigenvalue weighted by molar-refractivity contribution is -0.0422. The molecule has 0 bridgehead atoms. The van der Waals surface area contributed by atoms with Gasteiger partial charge in [0.2, 0.25) is 0 Å². The molecule has 4 nitrogen and oxygen atoms in total. The highest BCUT2D eigenvalue weighted by atomic mass is 16.5. The average molecular weight is 324 g/mol. The number of ether oxygens (including phenoxy) is 1. The molecule has 126 valence electrons. The van der Waals surface area contributed by atoms with E-state index in [1.807, 2.05) is 38.1 Å². The number of anilines is 1. The zero-order chi connectivity index (χ0) is 17.1. The van der Waals surface area contributed by atoms with Crippen LogP contribution in [0.3, 0.4) is 0 Å². The molecule has 0 radical (unpaired) electrons. The molecule has 2 aromatic carbocycles. The maximum Gasteiger partial charge on any atom is 0.322 e. The van der Waals surface area contributed by atoms with E-state index >= 15 is 0 Å². The lowest BCUT2D eigenvalue weighted by atomic mass is 10.1. The Balaban J connectivity index is 1.46. The molecule has 4 heteroatoms. The van der Waals surface area contributed by atoms with Gasteiger partial charge in [-0.05, 0) is 55.2 Å². The van der Waals surface area contributed by atoms with Crippen molar-refractivity contribution in [3.05, 3.63) is 64.7 Å². The Hall–Kier alpha value is -2.33. The van der Waals surface area contributed by atoms with Crippen LogP contribution in [0.25, 0.3) is 0 Å². The van der Waals surface area contributed by atoms with E-state index < -0.39 is 0 Å². The SMILES string of the molecule is Cc1cc(C)cc(NC(=O)N2CC(OCc3ccccc3C)C2)c1. The molecule has 0 aromatic heterocycles. The van der Waals surface area contributed by atoms with Gasteiger partial charge in [0.1, 0.15) is 0 Å². The van der Waals surface area contributed by atoms with E-state index in [1.54, 1.807) is 4.90 Å². The van der Waals surface area contributed by atoms with Gasteiger partial charge in [-0.3, -0.25) is 0 Å². The van der Waals surface area contributed by atoms with Crippen molar-refractivity contribution in [3.8, 4) is 0 Å². The average Bonchev–Trinajstić information content (AvgIpc) is 2.46. The van der Waals surface area contributed by atoms with Gasteiger partial charge in [-0.2, -0.15) is 0 Å². The summed E-state index contributed by atoms with van der Waals surface area (Å²) in [5.74, 6) is 0. The number of nitrogens with zero attached hydrogens (tertiary/aromatic N) is 1. The fourth-order valence-electron chi connectivity index (χ4n) is 2.94. The van der Waals surface area contributed by atoms with E-state index in [2.05, 4.69) is 30.4 Å². The van der Waals surface area contributed by atoms with Crippen molar-refractivity contribution in [1.82, 2.24) is 4.90 Å². The molecule has 24 heavy (non-hydrogen) atoms. The van der Waals surface area contributed by atoms with Crippen molar-refractivity contribution < 1.29 is 9.53 Å². The number of carbonyl (C=O) groups is 1. The summed E-state index contributed by atoms with van der Waals surface area (Å²) in [7, 11) is 0. The maximum atomic E-state index is 12.3. The number of aryl methyl sites for hydroxylation is 3. The lowest BCUT2D eigenvalue weighted by Crippen LogP contribution is -2.56. The van der Waals surface area contributed by atoms with Crippen LogP contribution in [-0.2, 0) is 11.3 Å². The second-order valence-corrected chi connectivity index (χ2v) is 6.57. The second-order valence-electron chi connectivity index (χ2n) is 6.57. The number of hydrogen-bond acceptors (Lipinski definition) is 2. The zero-order valence-electron chi connectivity index (χ0n) is 14.5.